The predicted molar refractivity (Wildman–Crippen MR) is 179 cm³/mol. The normalized spacial score (nSPS) is 23.0. The Bertz CT molecular complexity index is 1770. The topological polar surface area (TPSA) is 98.1 Å². The number of hydrogen-bond donors (Lipinski definition) is 1. The highest BCUT2D eigenvalue weighted by atomic mass is 16.5. The summed E-state index contributed by atoms with van der Waals surface area (Å²) in [4.78, 5) is 30.5. The van der Waals surface area contributed by atoms with E-state index in [2.05, 4.69) is 35.8 Å². The van der Waals surface area contributed by atoms with Crippen LogP contribution in [0.15, 0.2) is 42.6 Å². The summed E-state index contributed by atoms with van der Waals surface area (Å²) in [6.07, 6.45) is 11.0. The molecule has 0 bridgehead atoms. The first-order valence-corrected chi connectivity index (χ1v) is 17.5. The van der Waals surface area contributed by atoms with Crippen molar-refractivity contribution < 1.29 is 14.3 Å². The van der Waals surface area contributed by atoms with E-state index in [1.165, 1.54) is 29.3 Å². The fourth-order valence-electron chi connectivity index (χ4n) is 8.10. The number of nitrogens with two attached hydrogens (primary N) is 1. The third kappa shape index (κ3) is 5.51. The summed E-state index contributed by atoms with van der Waals surface area (Å²) >= 11 is 0. The monoisotopic (exact) mass is 622 g/mol. The van der Waals surface area contributed by atoms with E-state index < -0.39 is 0 Å². The van der Waals surface area contributed by atoms with Crippen LogP contribution in [0.5, 0.6) is 0 Å². The van der Waals surface area contributed by atoms with E-state index in [0.717, 1.165) is 93.6 Å². The molecule has 0 radical (unpaired) electrons. The van der Waals surface area contributed by atoms with Crippen molar-refractivity contribution in [2.75, 3.05) is 32.8 Å². The molecule has 0 spiro atoms. The van der Waals surface area contributed by atoms with Crippen molar-refractivity contribution in [3.63, 3.8) is 0 Å². The number of likely N-dealkylation sites (tertiary alicyclic amines) is 2. The lowest BCUT2D eigenvalue weighted by Crippen LogP contribution is -2.45. The van der Waals surface area contributed by atoms with Gasteiger partial charge >= 0.3 is 0 Å². The Balaban J connectivity index is 1.11. The zero-order chi connectivity index (χ0) is 31.4. The first-order chi connectivity index (χ1) is 22.4. The highest BCUT2D eigenvalue weighted by Crippen LogP contribution is 2.41. The maximum atomic E-state index is 13.4. The number of aromatic nitrogens is 3. The number of benzene rings is 1. The van der Waals surface area contributed by atoms with Gasteiger partial charge in [-0.2, -0.15) is 5.10 Å². The zero-order valence-corrected chi connectivity index (χ0v) is 27.0. The molecular weight excluding hydrogens is 576 g/mol. The molecule has 6 heterocycles. The minimum Gasteiger partial charge on any atom is -0.368 e. The average molecular weight is 623 g/mol. The molecule has 4 fully saturated rings. The van der Waals surface area contributed by atoms with E-state index in [9.17, 15) is 9.59 Å². The average Bonchev–Trinajstić information content (AvgIpc) is 3.76. The molecule has 3 aromatic heterocycles. The highest BCUT2D eigenvalue weighted by Gasteiger charge is 2.33. The number of amides is 2. The molecule has 9 nitrogen and oxygen atoms in total. The summed E-state index contributed by atoms with van der Waals surface area (Å²) in [6, 6.07) is 13.1. The Labute approximate surface area is 270 Å². The number of piperidine rings is 2. The lowest BCUT2D eigenvalue weighted by Gasteiger charge is -2.35. The fraction of sp³-hybridized carbons (Fsp3) is 0.541. The number of aryl methyl sites for hydroxylation is 1. The first-order valence-electron chi connectivity index (χ1n) is 17.5. The molecule has 46 heavy (non-hydrogen) atoms. The number of fused-ring (bicyclic) bond motifs is 2. The molecule has 1 saturated carbocycles. The van der Waals surface area contributed by atoms with Gasteiger partial charge in [-0.1, -0.05) is 18.2 Å². The Morgan fingerprint density at radius 2 is 1.80 bits per heavy atom. The SMILES string of the molecule is Cc1c(-c2cc3cccc(C4CCN(C(=O)C5CCCCO5)CC4)c3n2CC2CC2)nn2cc(C(=O)N3CCC[C@@H](N)C3)ccc12. The highest BCUT2D eigenvalue weighted by molar-refractivity contribution is 5.95. The molecule has 2 N–H and O–H groups in total. The summed E-state index contributed by atoms with van der Waals surface area (Å²) < 4.78 is 10.2. The molecule has 8 rings (SSSR count). The predicted octanol–water partition coefficient (Wildman–Crippen LogP) is 5.51. The molecule has 1 unspecified atom stereocenters. The maximum absolute atomic E-state index is 13.4. The summed E-state index contributed by atoms with van der Waals surface area (Å²) in [5.41, 5.74) is 13.8. The number of carbonyl (C=O) groups excluding carboxylic acids is 2. The summed E-state index contributed by atoms with van der Waals surface area (Å²) in [6.45, 7) is 6.76. The second-order valence-electron chi connectivity index (χ2n) is 14.2. The van der Waals surface area contributed by atoms with Gasteiger partial charge in [0.15, 0.2) is 0 Å². The van der Waals surface area contributed by atoms with Crippen LogP contribution in [0, 0.1) is 12.8 Å². The van der Waals surface area contributed by atoms with Crippen molar-refractivity contribution in [2.45, 2.75) is 89.3 Å². The van der Waals surface area contributed by atoms with Gasteiger partial charge < -0.3 is 24.8 Å². The Morgan fingerprint density at radius 1 is 0.957 bits per heavy atom. The van der Waals surface area contributed by atoms with Crippen molar-refractivity contribution in [3.8, 4) is 11.4 Å². The Kier molecular flexibility index (Phi) is 7.85. The van der Waals surface area contributed by atoms with Crippen LogP contribution in [-0.4, -0.2) is 80.7 Å². The van der Waals surface area contributed by atoms with Crippen molar-refractivity contribution in [3.05, 3.63) is 59.3 Å². The van der Waals surface area contributed by atoms with Gasteiger partial charge in [0, 0.05) is 62.5 Å². The number of rotatable bonds is 6. The Morgan fingerprint density at radius 3 is 2.57 bits per heavy atom. The van der Waals surface area contributed by atoms with Gasteiger partial charge in [0.05, 0.1) is 22.3 Å². The second-order valence-corrected chi connectivity index (χ2v) is 14.2. The minimum atomic E-state index is -0.252. The van der Waals surface area contributed by atoms with E-state index >= 15 is 0 Å². The van der Waals surface area contributed by atoms with Gasteiger partial charge in [0.1, 0.15) is 11.8 Å². The van der Waals surface area contributed by atoms with Gasteiger partial charge in [0.2, 0.25) is 0 Å². The first kappa shape index (κ1) is 29.7. The van der Waals surface area contributed by atoms with E-state index in [1.807, 2.05) is 32.6 Å². The summed E-state index contributed by atoms with van der Waals surface area (Å²) in [7, 11) is 0. The minimum absolute atomic E-state index is 0.0262. The molecule has 1 aromatic carbocycles. The third-order valence-electron chi connectivity index (χ3n) is 10.9. The third-order valence-corrected chi connectivity index (χ3v) is 10.9. The van der Waals surface area contributed by atoms with Crippen LogP contribution in [-0.2, 0) is 16.1 Å². The number of carbonyl (C=O) groups is 2. The molecule has 1 aliphatic carbocycles. The number of nitrogens with zero attached hydrogens (tertiary/aromatic N) is 5. The van der Waals surface area contributed by atoms with Crippen LogP contribution < -0.4 is 5.73 Å². The van der Waals surface area contributed by atoms with Gasteiger partial charge in [-0.05, 0) is 100 Å². The van der Waals surface area contributed by atoms with Crippen LogP contribution in [0.2, 0.25) is 0 Å². The van der Waals surface area contributed by atoms with Crippen LogP contribution >= 0.6 is 0 Å². The molecule has 2 amide bonds. The van der Waals surface area contributed by atoms with E-state index in [4.69, 9.17) is 15.6 Å². The van der Waals surface area contributed by atoms with Crippen LogP contribution in [0.4, 0.5) is 0 Å². The maximum Gasteiger partial charge on any atom is 0.255 e. The molecule has 3 aliphatic heterocycles. The molecular formula is C37H46N6O3. The fourth-order valence-corrected chi connectivity index (χ4v) is 8.10. The van der Waals surface area contributed by atoms with Gasteiger partial charge in [-0.3, -0.25) is 9.59 Å². The number of pyridine rings is 1. The number of para-hydroxylation sites is 1. The summed E-state index contributed by atoms with van der Waals surface area (Å²) in [5.74, 6) is 1.30. The van der Waals surface area contributed by atoms with Crippen molar-refractivity contribution in [2.24, 2.45) is 11.7 Å². The van der Waals surface area contributed by atoms with Gasteiger partial charge in [-0.15, -0.1) is 0 Å². The van der Waals surface area contributed by atoms with E-state index in [0.29, 0.717) is 30.6 Å². The lowest BCUT2D eigenvalue weighted by atomic mass is 9.88. The van der Waals surface area contributed by atoms with Crippen LogP contribution in [0.1, 0.15) is 85.2 Å². The lowest BCUT2D eigenvalue weighted by molar-refractivity contribution is -0.147. The standard InChI is InChI=1S/C37H46N6O3/c1-24-31-13-12-28(36(44)41-16-5-7-29(38)23-41)22-43(31)39-34(24)32-20-27-6-4-8-30(35(27)42(32)21-25-10-11-25)26-14-17-40(18-15-26)37(45)33-9-2-3-19-46-33/h4,6,8,12-13,20,22,25-26,29,33H,2-3,5,7,9-11,14-19,21,23,38H2,1H3/t29-,33?/m1/s1. The molecule has 3 saturated heterocycles. The molecule has 4 aliphatic rings. The van der Waals surface area contributed by atoms with Gasteiger partial charge in [-0.25, -0.2) is 4.52 Å². The van der Waals surface area contributed by atoms with E-state index in [-0.39, 0.29) is 24.0 Å². The molecule has 242 valence electrons. The van der Waals surface area contributed by atoms with Crippen LogP contribution in [0.3, 0.4) is 0 Å². The largest absolute Gasteiger partial charge is 0.368 e. The van der Waals surface area contributed by atoms with E-state index in [1.54, 1.807) is 0 Å². The quantitative estimate of drug-likeness (QED) is 0.306. The van der Waals surface area contributed by atoms with Crippen molar-refractivity contribution in [1.82, 2.24) is 24.0 Å². The number of ether oxygens (including phenoxy) is 1. The smallest absolute Gasteiger partial charge is 0.255 e. The van der Waals surface area contributed by atoms with Gasteiger partial charge in [0.25, 0.3) is 11.8 Å². The second kappa shape index (κ2) is 12.2. The molecule has 4 aromatic rings. The molecule has 9 heteroatoms. The Hall–Kier alpha value is -3.69. The van der Waals surface area contributed by atoms with Crippen molar-refractivity contribution >= 4 is 28.2 Å². The number of hydrogen-bond acceptors (Lipinski definition) is 5. The zero-order valence-electron chi connectivity index (χ0n) is 27.0. The summed E-state index contributed by atoms with van der Waals surface area (Å²) in [5, 5.41) is 6.38. The van der Waals surface area contributed by atoms with Crippen molar-refractivity contribution in [1.29, 1.82) is 0 Å². The van der Waals surface area contributed by atoms with Crippen LogP contribution in [0.25, 0.3) is 27.8 Å². The molecule has 2 atom stereocenters.